The molecule has 0 aromatic carbocycles. The van der Waals surface area contributed by atoms with Crippen LogP contribution in [0.15, 0.2) is 0 Å². The van der Waals surface area contributed by atoms with Crippen LogP contribution in [0.5, 0.6) is 0 Å². The fourth-order valence-corrected chi connectivity index (χ4v) is 2.70. The van der Waals surface area contributed by atoms with Crippen LogP contribution in [0.1, 0.15) is 34.1 Å². The predicted molar refractivity (Wildman–Crippen MR) is 63.3 cm³/mol. The summed E-state index contributed by atoms with van der Waals surface area (Å²) in [5.74, 6) is -0.0152. The highest BCUT2D eigenvalue weighted by Gasteiger charge is 2.28. The molecule has 0 amide bonds. The van der Waals surface area contributed by atoms with Gasteiger partial charge in [-0.15, -0.1) is 0 Å². The van der Waals surface area contributed by atoms with Crippen molar-refractivity contribution in [2.45, 2.75) is 39.8 Å². The number of esters is 1. The third-order valence-electron chi connectivity index (χ3n) is 1.99. The van der Waals surface area contributed by atoms with Gasteiger partial charge < -0.3 is 4.74 Å². The van der Waals surface area contributed by atoms with Crippen LogP contribution in [-0.4, -0.2) is 31.6 Å². The maximum Gasteiger partial charge on any atom is 0.313 e. The molecule has 0 bridgehead atoms. The van der Waals surface area contributed by atoms with Crippen LogP contribution in [0, 0.1) is 5.41 Å². The van der Waals surface area contributed by atoms with Gasteiger partial charge in [0.25, 0.3) is 0 Å². The van der Waals surface area contributed by atoms with E-state index in [1.165, 1.54) is 0 Å². The van der Waals surface area contributed by atoms with Gasteiger partial charge in [-0.1, -0.05) is 28.7 Å². The monoisotopic (exact) mass is 218 g/mol. The summed E-state index contributed by atoms with van der Waals surface area (Å²) in [6.45, 7) is 13.1. The molecule has 0 aliphatic rings. The fourth-order valence-electron chi connectivity index (χ4n) is 1.30. The topological polar surface area (TPSA) is 26.3 Å². The number of hydrogen-bond acceptors (Lipinski definition) is 2. The molecule has 0 aromatic heterocycles. The molecular weight excluding hydrogens is 195 g/mol. The first kappa shape index (κ1) is 13.9. The second-order valence-corrected chi connectivity index (χ2v) is 7.55. The zero-order valence-corrected chi connectivity index (χ0v) is 11.1. The standard InChI is InChI=1S/C11H23O2P/c1-7-13-10(12)9(14(5)6)8-11(2,3)4/h9H,7-8H2,1-6H3. The maximum absolute atomic E-state index is 11.7. The van der Waals surface area contributed by atoms with Gasteiger partial charge in [0.2, 0.25) is 0 Å². The Kier molecular flexibility index (Phi) is 5.66. The molecule has 84 valence electrons. The summed E-state index contributed by atoms with van der Waals surface area (Å²) in [5.41, 5.74) is 0.300. The summed E-state index contributed by atoms with van der Waals surface area (Å²) in [5, 5.41) is 0. The van der Waals surface area contributed by atoms with E-state index in [1.807, 2.05) is 6.92 Å². The Morgan fingerprint density at radius 2 is 1.86 bits per heavy atom. The zero-order valence-electron chi connectivity index (χ0n) is 10.3. The summed E-state index contributed by atoms with van der Waals surface area (Å²) < 4.78 is 5.09. The van der Waals surface area contributed by atoms with Crippen LogP contribution in [0.2, 0.25) is 0 Å². The van der Waals surface area contributed by atoms with Gasteiger partial charge in [-0.05, 0) is 32.1 Å². The van der Waals surface area contributed by atoms with Gasteiger partial charge in [0.15, 0.2) is 0 Å². The third kappa shape index (κ3) is 5.59. The van der Waals surface area contributed by atoms with Crippen molar-refractivity contribution in [3.8, 4) is 0 Å². The highest BCUT2D eigenvalue weighted by molar-refractivity contribution is 7.57. The molecule has 0 saturated carbocycles. The van der Waals surface area contributed by atoms with Crippen LogP contribution in [0.4, 0.5) is 0 Å². The minimum Gasteiger partial charge on any atom is -0.466 e. The van der Waals surface area contributed by atoms with E-state index in [4.69, 9.17) is 4.74 Å². The Morgan fingerprint density at radius 3 is 2.14 bits per heavy atom. The SMILES string of the molecule is CCOC(=O)C(CC(C)(C)C)P(C)C. The van der Waals surface area contributed by atoms with Crippen LogP contribution < -0.4 is 0 Å². The van der Waals surface area contributed by atoms with E-state index in [2.05, 4.69) is 34.1 Å². The quantitative estimate of drug-likeness (QED) is 0.535. The maximum atomic E-state index is 11.7. The smallest absolute Gasteiger partial charge is 0.313 e. The lowest BCUT2D eigenvalue weighted by Gasteiger charge is -2.27. The Morgan fingerprint density at radius 1 is 1.36 bits per heavy atom. The molecule has 0 fully saturated rings. The molecule has 14 heavy (non-hydrogen) atoms. The molecule has 0 saturated heterocycles. The highest BCUT2D eigenvalue weighted by Crippen LogP contribution is 2.40. The Bertz CT molecular complexity index is 182. The van der Waals surface area contributed by atoms with E-state index in [0.717, 1.165) is 6.42 Å². The zero-order chi connectivity index (χ0) is 11.4. The Balaban J connectivity index is 4.37. The van der Waals surface area contributed by atoms with Crippen molar-refractivity contribution in [2.75, 3.05) is 19.9 Å². The molecule has 0 spiro atoms. The molecule has 0 aromatic rings. The molecule has 0 N–H and O–H groups in total. The van der Waals surface area contributed by atoms with E-state index in [9.17, 15) is 4.79 Å². The largest absolute Gasteiger partial charge is 0.466 e. The van der Waals surface area contributed by atoms with Crippen LogP contribution in [-0.2, 0) is 9.53 Å². The number of hydrogen-bond donors (Lipinski definition) is 0. The van der Waals surface area contributed by atoms with Gasteiger partial charge in [-0.3, -0.25) is 4.79 Å². The molecule has 1 unspecified atom stereocenters. The molecule has 0 aliphatic heterocycles. The lowest BCUT2D eigenvalue weighted by molar-refractivity contribution is -0.143. The van der Waals surface area contributed by atoms with E-state index < -0.39 is 0 Å². The molecule has 2 nitrogen and oxygen atoms in total. The predicted octanol–water partition coefficient (Wildman–Crippen LogP) is 3.10. The molecule has 0 radical (unpaired) electrons. The van der Waals surface area contributed by atoms with E-state index in [-0.39, 0.29) is 25.0 Å². The lowest BCUT2D eigenvalue weighted by atomic mass is 9.90. The van der Waals surface area contributed by atoms with Gasteiger partial charge in [0.05, 0.1) is 12.3 Å². The van der Waals surface area contributed by atoms with Crippen molar-refractivity contribution in [3.05, 3.63) is 0 Å². The lowest BCUT2D eigenvalue weighted by Crippen LogP contribution is -2.26. The number of carbonyl (C=O) groups excluding carboxylic acids is 1. The number of ether oxygens (including phenoxy) is 1. The molecule has 0 aliphatic carbocycles. The molecule has 0 rings (SSSR count). The highest BCUT2D eigenvalue weighted by atomic mass is 31.1. The van der Waals surface area contributed by atoms with Crippen LogP contribution >= 0.6 is 7.92 Å². The molecule has 1 atom stereocenters. The van der Waals surface area contributed by atoms with Crippen LogP contribution in [0.3, 0.4) is 0 Å². The average molecular weight is 218 g/mol. The van der Waals surface area contributed by atoms with Crippen molar-refractivity contribution in [2.24, 2.45) is 5.41 Å². The second-order valence-electron chi connectivity index (χ2n) is 5.00. The first-order valence-electron chi connectivity index (χ1n) is 5.11. The van der Waals surface area contributed by atoms with Crippen molar-refractivity contribution in [1.82, 2.24) is 0 Å². The van der Waals surface area contributed by atoms with Crippen molar-refractivity contribution in [3.63, 3.8) is 0 Å². The number of rotatable bonds is 4. The Labute approximate surface area is 89.2 Å². The first-order valence-corrected chi connectivity index (χ1v) is 7.41. The summed E-state index contributed by atoms with van der Waals surface area (Å²) in [6.07, 6.45) is 0.921. The van der Waals surface area contributed by atoms with Crippen molar-refractivity contribution in [1.29, 1.82) is 0 Å². The van der Waals surface area contributed by atoms with Crippen molar-refractivity contribution >= 4 is 13.9 Å². The summed E-state index contributed by atoms with van der Waals surface area (Å²) in [6, 6.07) is 0. The van der Waals surface area contributed by atoms with E-state index in [1.54, 1.807) is 0 Å². The molecular formula is C11H23O2P. The van der Waals surface area contributed by atoms with E-state index in [0.29, 0.717) is 6.61 Å². The second kappa shape index (κ2) is 5.70. The molecule has 3 heteroatoms. The van der Waals surface area contributed by atoms with Gasteiger partial charge in [-0.25, -0.2) is 0 Å². The van der Waals surface area contributed by atoms with E-state index >= 15 is 0 Å². The minimum absolute atomic E-state index is 0.0152. The van der Waals surface area contributed by atoms with Gasteiger partial charge in [0, 0.05) is 0 Å². The number of carbonyl (C=O) groups is 1. The fraction of sp³-hybridized carbons (Fsp3) is 0.909. The minimum atomic E-state index is -0.254. The summed E-state index contributed by atoms with van der Waals surface area (Å²) >= 11 is 0. The summed E-state index contributed by atoms with van der Waals surface area (Å²) in [4.78, 5) is 11.7. The van der Waals surface area contributed by atoms with Gasteiger partial charge in [-0.2, -0.15) is 0 Å². The summed E-state index contributed by atoms with van der Waals surface area (Å²) in [7, 11) is -0.254. The Hall–Kier alpha value is -0.100. The van der Waals surface area contributed by atoms with Crippen molar-refractivity contribution < 1.29 is 9.53 Å². The first-order chi connectivity index (χ1) is 6.28. The van der Waals surface area contributed by atoms with Gasteiger partial charge in [0.1, 0.15) is 0 Å². The normalized spacial score (nSPS) is 14.2. The molecule has 0 heterocycles. The third-order valence-corrected chi connectivity index (χ3v) is 3.63. The average Bonchev–Trinajstić information content (AvgIpc) is 1.98. The van der Waals surface area contributed by atoms with Crippen LogP contribution in [0.25, 0.3) is 0 Å². The van der Waals surface area contributed by atoms with Gasteiger partial charge >= 0.3 is 5.97 Å².